The van der Waals surface area contributed by atoms with Crippen LogP contribution in [-0.2, 0) is 10.3 Å². The van der Waals surface area contributed by atoms with E-state index in [-0.39, 0.29) is 11.3 Å². The molecule has 0 spiro atoms. The maximum Gasteiger partial charge on any atom is 0.321 e. The third kappa shape index (κ3) is 4.06. The lowest BCUT2D eigenvalue weighted by Gasteiger charge is -2.40. The molecule has 4 N–H and O–H groups in total. The van der Waals surface area contributed by atoms with Crippen LogP contribution >= 0.6 is 23.2 Å². The zero-order chi connectivity index (χ0) is 20.7. The minimum atomic E-state index is -0.939. The van der Waals surface area contributed by atoms with Crippen molar-refractivity contribution < 1.29 is 9.90 Å². The number of aliphatic carboxylic acids is 1. The molecule has 28 heavy (non-hydrogen) atoms. The molecule has 1 aliphatic rings. The third-order valence-electron chi connectivity index (χ3n) is 5.46. The van der Waals surface area contributed by atoms with Gasteiger partial charge < -0.3 is 10.8 Å². The zero-order valence-corrected chi connectivity index (χ0v) is 17.8. The number of carbonyl (C=O) groups is 1. The summed E-state index contributed by atoms with van der Waals surface area (Å²) in [6.45, 7) is 6.29. The second-order valence-electron chi connectivity index (χ2n) is 8.78. The molecule has 6 heteroatoms. The van der Waals surface area contributed by atoms with Crippen molar-refractivity contribution in [2.45, 2.75) is 44.8 Å². The Morgan fingerprint density at radius 1 is 1.14 bits per heavy atom. The Morgan fingerprint density at radius 3 is 2.32 bits per heavy atom. The number of rotatable bonds is 4. The first-order valence-corrected chi connectivity index (χ1v) is 10.1. The number of nitrogens with two attached hydrogens (primary N) is 1. The van der Waals surface area contributed by atoms with Gasteiger partial charge in [0.1, 0.15) is 6.04 Å². The summed E-state index contributed by atoms with van der Waals surface area (Å²) in [7, 11) is 0. The van der Waals surface area contributed by atoms with Gasteiger partial charge in [0.05, 0.1) is 11.6 Å². The summed E-state index contributed by atoms with van der Waals surface area (Å²) in [5.74, 6) is -1.22. The van der Waals surface area contributed by atoms with Crippen LogP contribution in [0.1, 0.15) is 44.4 Å². The fourth-order valence-electron chi connectivity index (χ4n) is 4.29. The summed E-state index contributed by atoms with van der Waals surface area (Å²) in [5.41, 5.74) is 7.81. The number of halogens is 2. The smallest absolute Gasteiger partial charge is 0.321 e. The summed E-state index contributed by atoms with van der Waals surface area (Å²) in [6, 6.07) is 13.6. The van der Waals surface area contributed by atoms with Crippen LogP contribution < -0.4 is 11.1 Å². The first kappa shape index (κ1) is 21.1. The Kier molecular flexibility index (Phi) is 5.79. The van der Waals surface area contributed by atoms with Crippen LogP contribution in [0.3, 0.4) is 0 Å². The second kappa shape index (κ2) is 7.68. The summed E-state index contributed by atoms with van der Waals surface area (Å²) < 4.78 is 0. The van der Waals surface area contributed by atoms with Crippen molar-refractivity contribution in [1.29, 1.82) is 0 Å². The van der Waals surface area contributed by atoms with Crippen LogP contribution in [0.4, 0.5) is 0 Å². The van der Waals surface area contributed by atoms with Gasteiger partial charge in [-0.3, -0.25) is 10.1 Å². The third-order valence-corrected chi connectivity index (χ3v) is 5.95. The van der Waals surface area contributed by atoms with Gasteiger partial charge in [-0.1, -0.05) is 68.2 Å². The number of hydrogen-bond donors (Lipinski definition) is 3. The van der Waals surface area contributed by atoms with E-state index in [2.05, 4.69) is 26.1 Å². The van der Waals surface area contributed by atoms with E-state index in [0.29, 0.717) is 16.5 Å². The molecule has 1 saturated heterocycles. The van der Waals surface area contributed by atoms with Crippen LogP contribution in [0.5, 0.6) is 0 Å². The number of carboxylic acid groups (broad SMARTS) is 1. The molecule has 1 heterocycles. The van der Waals surface area contributed by atoms with Crippen molar-refractivity contribution in [3.63, 3.8) is 0 Å². The van der Waals surface area contributed by atoms with Crippen molar-refractivity contribution in [3.8, 4) is 0 Å². The summed E-state index contributed by atoms with van der Waals surface area (Å²) >= 11 is 12.3. The average molecular weight is 421 g/mol. The monoisotopic (exact) mass is 420 g/mol. The molecule has 4 atom stereocenters. The minimum absolute atomic E-state index is 0.0969. The Morgan fingerprint density at radius 2 is 1.79 bits per heavy atom. The predicted molar refractivity (Wildman–Crippen MR) is 114 cm³/mol. The number of nitrogens with one attached hydrogen (secondary N) is 1. The number of benzene rings is 2. The highest BCUT2D eigenvalue weighted by Crippen LogP contribution is 2.50. The molecule has 2 aromatic rings. The van der Waals surface area contributed by atoms with E-state index in [1.54, 1.807) is 18.2 Å². The summed E-state index contributed by atoms with van der Waals surface area (Å²) in [5, 5.41) is 14.4. The van der Waals surface area contributed by atoms with E-state index in [1.165, 1.54) is 0 Å². The van der Waals surface area contributed by atoms with Gasteiger partial charge in [0.25, 0.3) is 0 Å². The normalized spacial score (nSPS) is 27.7. The average Bonchev–Trinajstić information content (AvgIpc) is 2.88. The van der Waals surface area contributed by atoms with Gasteiger partial charge >= 0.3 is 5.97 Å². The quantitative estimate of drug-likeness (QED) is 0.650. The standard InChI is InChI=1S/C22H26Cl2N2O2/c1-21(2,3)12-17-18(20(27)28)26-19(13-5-4-6-16(24)11-13)22(17,25)14-7-9-15(23)10-8-14/h4-11,17-19,26H,12,25H2,1-3H3,(H,27,28)/t17-,18+,19-,22-/m0/s1. The maximum absolute atomic E-state index is 12.1. The summed E-state index contributed by atoms with van der Waals surface area (Å²) in [4.78, 5) is 12.1. The van der Waals surface area contributed by atoms with Gasteiger partial charge in [-0.25, -0.2) is 0 Å². The van der Waals surface area contributed by atoms with Gasteiger partial charge in [-0.2, -0.15) is 0 Å². The molecule has 1 aliphatic heterocycles. The van der Waals surface area contributed by atoms with Gasteiger partial charge in [-0.15, -0.1) is 0 Å². The highest BCUT2D eigenvalue weighted by Gasteiger charge is 2.56. The van der Waals surface area contributed by atoms with E-state index in [0.717, 1.165) is 11.1 Å². The van der Waals surface area contributed by atoms with Crippen LogP contribution in [0.2, 0.25) is 10.0 Å². The Hall–Kier alpha value is -1.59. The molecular weight excluding hydrogens is 395 g/mol. The van der Waals surface area contributed by atoms with Crippen molar-refractivity contribution in [2.75, 3.05) is 0 Å². The molecule has 150 valence electrons. The van der Waals surface area contributed by atoms with Gasteiger partial charge in [0.2, 0.25) is 0 Å². The molecule has 0 amide bonds. The zero-order valence-electron chi connectivity index (χ0n) is 16.2. The van der Waals surface area contributed by atoms with Crippen LogP contribution in [0.25, 0.3) is 0 Å². The Balaban J connectivity index is 2.19. The van der Waals surface area contributed by atoms with Crippen LogP contribution in [0.15, 0.2) is 48.5 Å². The molecule has 0 saturated carbocycles. The molecule has 1 fully saturated rings. The van der Waals surface area contributed by atoms with Crippen LogP contribution in [-0.4, -0.2) is 17.1 Å². The SMILES string of the molecule is CC(C)(C)C[C@H]1[C@H](C(=O)O)N[C@@H](c2cccc(Cl)c2)[C@]1(N)c1ccc(Cl)cc1. The molecular formula is C22H26Cl2N2O2. The lowest BCUT2D eigenvalue weighted by Crippen LogP contribution is -2.48. The van der Waals surface area contributed by atoms with Crippen molar-refractivity contribution in [1.82, 2.24) is 5.32 Å². The van der Waals surface area contributed by atoms with E-state index in [9.17, 15) is 9.90 Å². The fourth-order valence-corrected chi connectivity index (χ4v) is 4.62. The number of hydrogen-bond acceptors (Lipinski definition) is 3. The minimum Gasteiger partial charge on any atom is -0.480 e. The molecule has 0 aromatic heterocycles. The van der Waals surface area contributed by atoms with Crippen molar-refractivity contribution in [2.24, 2.45) is 17.1 Å². The highest BCUT2D eigenvalue weighted by molar-refractivity contribution is 6.30. The van der Waals surface area contributed by atoms with Crippen molar-refractivity contribution >= 4 is 29.2 Å². The fraction of sp³-hybridized carbons (Fsp3) is 0.409. The van der Waals surface area contributed by atoms with E-state index in [4.69, 9.17) is 28.9 Å². The van der Waals surface area contributed by atoms with Crippen molar-refractivity contribution in [3.05, 3.63) is 69.7 Å². The number of carboxylic acids is 1. The first-order valence-electron chi connectivity index (χ1n) is 9.31. The predicted octanol–water partition coefficient (Wildman–Crippen LogP) is 5.00. The first-order chi connectivity index (χ1) is 13.0. The van der Waals surface area contributed by atoms with Crippen LogP contribution in [0, 0.1) is 11.3 Å². The molecule has 0 bridgehead atoms. The van der Waals surface area contributed by atoms with E-state index >= 15 is 0 Å². The summed E-state index contributed by atoms with van der Waals surface area (Å²) in [6.07, 6.45) is 0.646. The molecule has 3 rings (SSSR count). The van der Waals surface area contributed by atoms with Gasteiger partial charge in [-0.05, 0) is 47.2 Å². The largest absolute Gasteiger partial charge is 0.480 e. The molecule has 0 radical (unpaired) electrons. The molecule has 0 aliphatic carbocycles. The molecule has 0 unspecified atom stereocenters. The maximum atomic E-state index is 12.1. The highest BCUT2D eigenvalue weighted by atomic mass is 35.5. The Labute approximate surface area is 176 Å². The van der Waals surface area contributed by atoms with E-state index in [1.807, 2.05) is 30.3 Å². The van der Waals surface area contributed by atoms with Gasteiger partial charge in [0, 0.05) is 16.0 Å². The molecule has 2 aromatic carbocycles. The Bertz CT molecular complexity index is 864. The second-order valence-corrected chi connectivity index (χ2v) is 9.65. The lowest BCUT2D eigenvalue weighted by atomic mass is 9.67. The molecule has 4 nitrogen and oxygen atoms in total. The topological polar surface area (TPSA) is 75.3 Å². The lowest BCUT2D eigenvalue weighted by molar-refractivity contribution is -0.140. The van der Waals surface area contributed by atoms with E-state index < -0.39 is 23.6 Å². The van der Waals surface area contributed by atoms with Gasteiger partial charge in [0.15, 0.2) is 0 Å².